The molecule has 0 aliphatic heterocycles. The Morgan fingerprint density at radius 2 is 2.00 bits per heavy atom. The number of pyridine rings is 1. The van der Waals surface area contributed by atoms with Crippen molar-refractivity contribution >= 4 is 17.6 Å². The van der Waals surface area contributed by atoms with E-state index in [-0.39, 0.29) is 23.0 Å². The minimum atomic E-state index is -0.606. The second kappa shape index (κ2) is 7.03. The van der Waals surface area contributed by atoms with E-state index in [9.17, 15) is 9.18 Å². The predicted molar refractivity (Wildman–Crippen MR) is 92.5 cm³/mol. The number of esters is 1. The van der Waals surface area contributed by atoms with Gasteiger partial charge >= 0.3 is 5.97 Å². The molecule has 25 heavy (non-hydrogen) atoms. The third kappa shape index (κ3) is 3.39. The summed E-state index contributed by atoms with van der Waals surface area (Å²) in [5, 5.41) is -0.0213. The molecular weight excluding hydrogens is 345 g/mol. The van der Waals surface area contributed by atoms with Gasteiger partial charge in [0, 0.05) is 11.9 Å². The molecule has 0 aliphatic rings. The standard InChI is InChI=1S/C18H15ClFN3O2/c1-3-25-18(24)14-10-23(15-9-5-7-12(19)16(15)20)17(22-14)13-8-4-6-11(2)21-13/h4-10H,3H2,1-2H3. The van der Waals surface area contributed by atoms with Crippen LogP contribution in [-0.4, -0.2) is 27.1 Å². The highest BCUT2D eigenvalue weighted by Crippen LogP contribution is 2.27. The van der Waals surface area contributed by atoms with Crippen molar-refractivity contribution in [3.05, 3.63) is 64.8 Å². The molecule has 128 valence electrons. The Morgan fingerprint density at radius 1 is 1.24 bits per heavy atom. The van der Waals surface area contributed by atoms with Crippen LogP contribution in [0.4, 0.5) is 4.39 Å². The summed E-state index contributed by atoms with van der Waals surface area (Å²) in [7, 11) is 0. The fourth-order valence-electron chi connectivity index (χ4n) is 2.39. The maximum Gasteiger partial charge on any atom is 0.358 e. The number of aryl methyl sites for hydroxylation is 1. The van der Waals surface area contributed by atoms with Crippen molar-refractivity contribution < 1.29 is 13.9 Å². The number of hydrogen-bond donors (Lipinski definition) is 0. The lowest BCUT2D eigenvalue weighted by Gasteiger charge is -2.09. The van der Waals surface area contributed by atoms with Gasteiger partial charge in [0.15, 0.2) is 17.3 Å². The Bertz CT molecular complexity index is 940. The first-order valence-corrected chi connectivity index (χ1v) is 8.04. The zero-order valence-corrected chi connectivity index (χ0v) is 14.4. The molecule has 1 aromatic carbocycles. The molecular formula is C18H15ClFN3O2. The van der Waals surface area contributed by atoms with Gasteiger partial charge in [-0.25, -0.2) is 19.2 Å². The quantitative estimate of drug-likeness (QED) is 0.655. The first kappa shape index (κ1) is 17.1. The zero-order chi connectivity index (χ0) is 18.0. The molecule has 0 bridgehead atoms. The van der Waals surface area contributed by atoms with E-state index in [1.807, 2.05) is 19.1 Å². The predicted octanol–water partition coefficient (Wildman–Crippen LogP) is 4.21. The largest absolute Gasteiger partial charge is 0.461 e. The van der Waals surface area contributed by atoms with Crippen molar-refractivity contribution in [2.24, 2.45) is 0 Å². The molecule has 0 radical (unpaired) electrons. The van der Waals surface area contributed by atoms with Gasteiger partial charge in [0.1, 0.15) is 5.69 Å². The Hall–Kier alpha value is -2.73. The van der Waals surface area contributed by atoms with Gasteiger partial charge < -0.3 is 4.74 Å². The number of hydrogen-bond acceptors (Lipinski definition) is 4. The molecule has 0 saturated heterocycles. The van der Waals surface area contributed by atoms with Crippen molar-refractivity contribution in [2.75, 3.05) is 6.61 Å². The number of carbonyl (C=O) groups excluding carboxylic acids is 1. The molecule has 0 fully saturated rings. The number of halogens is 2. The zero-order valence-electron chi connectivity index (χ0n) is 13.7. The van der Waals surface area contributed by atoms with Crippen molar-refractivity contribution in [3.8, 4) is 17.2 Å². The van der Waals surface area contributed by atoms with E-state index in [2.05, 4.69) is 9.97 Å². The second-order valence-corrected chi connectivity index (χ2v) is 5.68. The molecule has 0 saturated carbocycles. The molecule has 0 spiro atoms. The number of imidazole rings is 1. The van der Waals surface area contributed by atoms with Crippen LogP contribution in [0, 0.1) is 12.7 Å². The van der Waals surface area contributed by atoms with Gasteiger partial charge in [-0.15, -0.1) is 0 Å². The van der Waals surface area contributed by atoms with Crippen LogP contribution >= 0.6 is 11.6 Å². The first-order valence-electron chi connectivity index (χ1n) is 7.66. The molecule has 0 unspecified atom stereocenters. The summed E-state index contributed by atoms with van der Waals surface area (Å²) < 4.78 is 20.9. The number of carbonyl (C=O) groups is 1. The molecule has 7 heteroatoms. The Labute approximate surface area is 149 Å². The van der Waals surface area contributed by atoms with Crippen molar-refractivity contribution in [1.82, 2.24) is 14.5 Å². The van der Waals surface area contributed by atoms with Gasteiger partial charge in [0.25, 0.3) is 0 Å². The van der Waals surface area contributed by atoms with Crippen LogP contribution in [-0.2, 0) is 4.74 Å². The Morgan fingerprint density at radius 3 is 2.72 bits per heavy atom. The normalized spacial score (nSPS) is 10.7. The summed E-state index contributed by atoms with van der Waals surface area (Å²) >= 11 is 5.89. The lowest BCUT2D eigenvalue weighted by atomic mass is 10.2. The molecule has 0 aliphatic carbocycles. The smallest absolute Gasteiger partial charge is 0.358 e. The summed E-state index contributed by atoms with van der Waals surface area (Å²) in [6, 6.07) is 10.0. The van der Waals surface area contributed by atoms with Gasteiger partial charge in [-0.2, -0.15) is 0 Å². The minimum Gasteiger partial charge on any atom is -0.461 e. The maximum absolute atomic E-state index is 14.5. The Balaban J connectivity index is 2.22. The number of aromatic nitrogens is 3. The average Bonchev–Trinajstić information content (AvgIpc) is 3.03. The van der Waals surface area contributed by atoms with E-state index in [0.717, 1.165) is 5.69 Å². The summed E-state index contributed by atoms with van der Waals surface area (Å²) in [6.07, 6.45) is 1.42. The third-order valence-corrected chi connectivity index (χ3v) is 3.79. The van der Waals surface area contributed by atoms with Crippen LogP contribution in [0.1, 0.15) is 23.1 Å². The summed E-state index contributed by atoms with van der Waals surface area (Å²) in [5.41, 5.74) is 1.53. The molecule has 2 aromatic heterocycles. The lowest BCUT2D eigenvalue weighted by Crippen LogP contribution is -2.04. The molecule has 0 N–H and O–H groups in total. The van der Waals surface area contributed by atoms with Gasteiger partial charge in [0.05, 0.1) is 17.3 Å². The molecule has 3 aromatic rings. The van der Waals surface area contributed by atoms with E-state index in [1.54, 1.807) is 25.1 Å². The fourth-order valence-corrected chi connectivity index (χ4v) is 2.56. The van der Waals surface area contributed by atoms with Crippen molar-refractivity contribution in [1.29, 1.82) is 0 Å². The van der Waals surface area contributed by atoms with E-state index < -0.39 is 11.8 Å². The van der Waals surface area contributed by atoms with Crippen LogP contribution in [0.25, 0.3) is 17.2 Å². The fraction of sp³-hybridized carbons (Fsp3) is 0.167. The maximum atomic E-state index is 14.5. The number of rotatable bonds is 4. The van der Waals surface area contributed by atoms with E-state index in [4.69, 9.17) is 16.3 Å². The summed E-state index contributed by atoms with van der Waals surface area (Å²) in [6.45, 7) is 3.76. The SMILES string of the molecule is CCOC(=O)c1cn(-c2cccc(Cl)c2F)c(-c2cccc(C)n2)n1. The van der Waals surface area contributed by atoms with E-state index in [0.29, 0.717) is 11.5 Å². The molecule has 0 atom stereocenters. The first-order chi connectivity index (χ1) is 12.0. The van der Waals surface area contributed by atoms with Gasteiger partial charge in [0.2, 0.25) is 0 Å². The molecule has 0 amide bonds. The van der Waals surface area contributed by atoms with Gasteiger partial charge in [-0.05, 0) is 38.1 Å². The molecule has 3 rings (SSSR count). The lowest BCUT2D eigenvalue weighted by molar-refractivity contribution is 0.0520. The number of ether oxygens (including phenoxy) is 1. The average molecular weight is 360 g/mol. The topological polar surface area (TPSA) is 57.0 Å². The molecule has 2 heterocycles. The second-order valence-electron chi connectivity index (χ2n) is 5.28. The number of nitrogens with zero attached hydrogens (tertiary/aromatic N) is 3. The van der Waals surface area contributed by atoms with E-state index in [1.165, 1.54) is 16.8 Å². The van der Waals surface area contributed by atoms with Gasteiger partial charge in [-0.3, -0.25) is 4.57 Å². The summed E-state index contributed by atoms with van der Waals surface area (Å²) in [5.74, 6) is -0.864. The van der Waals surface area contributed by atoms with Crippen molar-refractivity contribution in [2.45, 2.75) is 13.8 Å². The van der Waals surface area contributed by atoms with Crippen LogP contribution in [0.2, 0.25) is 5.02 Å². The monoisotopic (exact) mass is 359 g/mol. The Kier molecular flexibility index (Phi) is 4.81. The highest BCUT2D eigenvalue weighted by Gasteiger charge is 2.20. The van der Waals surface area contributed by atoms with Gasteiger partial charge in [-0.1, -0.05) is 23.7 Å². The highest BCUT2D eigenvalue weighted by molar-refractivity contribution is 6.30. The molecule has 5 nitrogen and oxygen atoms in total. The van der Waals surface area contributed by atoms with Crippen LogP contribution < -0.4 is 0 Å². The van der Waals surface area contributed by atoms with Crippen LogP contribution in [0.15, 0.2) is 42.6 Å². The van der Waals surface area contributed by atoms with Crippen molar-refractivity contribution in [3.63, 3.8) is 0 Å². The van der Waals surface area contributed by atoms with E-state index >= 15 is 0 Å². The third-order valence-electron chi connectivity index (χ3n) is 3.50. The highest BCUT2D eigenvalue weighted by atomic mass is 35.5. The number of benzene rings is 1. The summed E-state index contributed by atoms with van der Waals surface area (Å²) in [4.78, 5) is 20.8. The minimum absolute atomic E-state index is 0.0213. The van der Waals surface area contributed by atoms with Crippen LogP contribution in [0.3, 0.4) is 0 Å². The van der Waals surface area contributed by atoms with Crippen LogP contribution in [0.5, 0.6) is 0 Å².